The van der Waals surface area contributed by atoms with Gasteiger partial charge < -0.3 is 0 Å². The summed E-state index contributed by atoms with van der Waals surface area (Å²) in [6.45, 7) is 0. The van der Waals surface area contributed by atoms with Gasteiger partial charge in [0.1, 0.15) is 5.57 Å². The highest BCUT2D eigenvalue weighted by Gasteiger charge is 2.34. The number of nitrogens with one attached hydrogen (secondary N) is 1. The molecule has 1 heterocycles. The maximum atomic E-state index is 13.0. The second kappa shape index (κ2) is 6.76. The van der Waals surface area contributed by atoms with Crippen LogP contribution in [0.25, 0.3) is 27.6 Å². The molecule has 2 amide bonds. The Labute approximate surface area is 172 Å². The van der Waals surface area contributed by atoms with Crippen LogP contribution in [0.5, 0.6) is 0 Å². The fourth-order valence-corrected chi connectivity index (χ4v) is 3.80. The minimum absolute atomic E-state index is 0.0986. The number of benzene rings is 4. The Morgan fingerprint density at radius 2 is 1.38 bits per heavy atom. The van der Waals surface area contributed by atoms with Crippen LogP contribution < -0.4 is 10.4 Å². The molecule has 0 atom stereocenters. The van der Waals surface area contributed by atoms with Gasteiger partial charge in [-0.2, -0.15) is 0 Å². The van der Waals surface area contributed by atoms with Crippen molar-refractivity contribution < 1.29 is 9.59 Å². The molecule has 5 rings (SSSR count). The zero-order valence-electron chi connectivity index (χ0n) is 15.2. The number of rotatable bonds is 2. The number of hydrogen-bond donors (Lipinski definition) is 1. The number of halogens is 1. The Kier molecular flexibility index (Phi) is 4.07. The molecule has 0 unspecified atom stereocenters. The van der Waals surface area contributed by atoms with Gasteiger partial charge >= 0.3 is 0 Å². The lowest BCUT2D eigenvalue weighted by Gasteiger charge is -2.14. The topological polar surface area (TPSA) is 49.4 Å². The molecular formula is C24H15ClN2O2. The van der Waals surface area contributed by atoms with Gasteiger partial charge in [-0.1, -0.05) is 60.1 Å². The van der Waals surface area contributed by atoms with Crippen molar-refractivity contribution in [2.45, 2.75) is 0 Å². The molecule has 0 spiro atoms. The summed E-state index contributed by atoms with van der Waals surface area (Å²) >= 11 is 5.93. The summed E-state index contributed by atoms with van der Waals surface area (Å²) < 4.78 is 0. The largest absolute Gasteiger partial charge is 0.282 e. The number of hydrogen-bond acceptors (Lipinski definition) is 2. The second-order valence-electron chi connectivity index (χ2n) is 6.85. The monoisotopic (exact) mass is 398 g/mol. The van der Waals surface area contributed by atoms with Gasteiger partial charge in [0.05, 0.1) is 5.69 Å². The molecule has 4 aromatic rings. The van der Waals surface area contributed by atoms with Gasteiger partial charge in [0.2, 0.25) is 0 Å². The van der Waals surface area contributed by atoms with Crippen LogP contribution in [-0.2, 0) is 9.59 Å². The van der Waals surface area contributed by atoms with Crippen LogP contribution in [0.1, 0.15) is 5.56 Å². The van der Waals surface area contributed by atoms with E-state index in [2.05, 4.69) is 11.5 Å². The summed E-state index contributed by atoms with van der Waals surface area (Å²) in [6, 6.07) is 24.8. The molecule has 140 valence electrons. The van der Waals surface area contributed by atoms with E-state index >= 15 is 0 Å². The van der Waals surface area contributed by atoms with Crippen molar-refractivity contribution in [3.05, 3.63) is 95.0 Å². The van der Waals surface area contributed by atoms with Crippen LogP contribution in [0.4, 0.5) is 5.69 Å². The first-order chi connectivity index (χ1) is 14.1. The van der Waals surface area contributed by atoms with E-state index in [4.69, 9.17) is 11.6 Å². The van der Waals surface area contributed by atoms with E-state index < -0.39 is 11.8 Å². The molecule has 4 nitrogen and oxygen atoms in total. The molecule has 1 saturated heterocycles. The Balaban J connectivity index is 1.68. The maximum Gasteiger partial charge on any atom is 0.282 e. The lowest BCUT2D eigenvalue weighted by atomic mass is 9.95. The van der Waals surface area contributed by atoms with Crippen molar-refractivity contribution in [3.8, 4) is 0 Å². The van der Waals surface area contributed by atoms with Gasteiger partial charge in [-0.05, 0) is 63.5 Å². The molecule has 0 aliphatic carbocycles. The summed E-state index contributed by atoms with van der Waals surface area (Å²) in [5, 5.41) is 5.90. The number of carbonyl (C=O) groups is 2. The molecule has 1 fully saturated rings. The fourth-order valence-electron chi connectivity index (χ4n) is 3.68. The lowest BCUT2D eigenvalue weighted by molar-refractivity contribution is -0.117. The minimum atomic E-state index is -0.429. The standard InChI is InChI=1S/C24H15ClN2O2/c25-17-9-11-18(12-10-17)27-24(29)22(23(28)26-27)14-21-19-7-3-1-5-15(19)13-16-6-2-4-8-20(16)21/h1-14H,(H,26,28)/b22-14+. The molecule has 0 saturated carbocycles. The summed E-state index contributed by atoms with van der Waals surface area (Å²) in [5.74, 6) is -0.823. The zero-order chi connectivity index (χ0) is 20.0. The summed E-state index contributed by atoms with van der Waals surface area (Å²) in [7, 11) is 0. The van der Waals surface area contributed by atoms with Crippen molar-refractivity contribution in [1.82, 2.24) is 5.43 Å². The predicted octanol–water partition coefficient (Wildman–Crippen LogP) is 5.11. The predicted molar refractivity (Wildman–Crippen MR) is 117 cm³/mol. The van der Waals surface area contributed by atoms with E-state index in [9.17, 15) is 9.59 Å². The first-order valence-electron chi connectivity index (χ1n) is 9.15. The highest BCUT2D eigenvalue weighted by Crippen LogP contribution is 2.31. The third kappa shape index (κ3) is 2.94. The van der Waals surface area contributed by atoms with Gasteiger partial charge in [0.15, 0.2) is 0 Å². The molecule has 4 aromatic carbocycles. The molecule has 1 N–H and O–H groups in total. The van der Waals surface area contributed by atoms with Crippen LogP contribution in [-0.4, -0.2) is 11.8 Å². The van der Waals surface area contributed by atoms with Gasteiger partial charge in [-0.15, -0.1) is 0 Å². The Morgan fingerprint density at radius 3 is 2.00 bits per heavy atom. The van der Waals surface area contributed by atoms with Crippen LogP contribution in [0.2, 0.25) is 5.02 Å². The van der Waals surface area contributed by atoms with E-state index in [0.717, 1.165) is 27.1 Å². The third-order valence-electron chi connectivity index (χ3n) is 5.08. The number of carbonyl (C=O) groups excluding carboxylic acids is 2. The maximum absolute atomic E-state index is 13.0. The Morgan fingerprint density at radius 1 is 0.793 bits per heavy atom. The highest BCUT2D eigenvalue weighted by atomic mass is 35.5. The fraction of sp³-hybridized carbons (Fsp3) is 0. The van der Waals surface area contributed by atoms with E-state index in [1.165, 1.54) is 5.01 Å². The highest BCUT2D eigenvalue weighted by molar-refractivity contribution is 6.33. The van der Waals surface area contributed by atoms with Gasteiger partial charge in [-0.3, -0.25) is 15.0 Å². The zero-order valence-corrected chi connectivity index (χ0v) is 16.0. The molecule has 0 radical (unpaired) electrons. The van der Waals surface area contributed by atoms with E-state index in [-0.39, 0.29) is 5.57 Å². The van der Waals surface area contributed by atoms with Crippen molar-refractivity contribution in [2.75, 3.05) is 5.01 Å². The normalized spacial score (nSPS) is 15.5. The average molecular weight is 399 g/mol. The SMILES string of the molecule is O=C1NN(c2ccc(Cl)cc2)C(=O)/C1=C/c1c2ccccc2cc2ccccc12. The van der Waals surface area contributed by atoms with Crippen LogP contribution >= 0.6 is 11.6 Å². The van der Waals surface area contributed by atoms with Crippen molar-refractivity contribution in [2.24, 2.45) is 0 Å². The summed E-state index contributed by atoms with van der Waals surface area (Å²) in [5.41, 5.74) is 4.15. The number of hydrazine groups is 1. The van der Waals surface area contributed by atoms with Crippen LogP contribution in [0.3, 0.4) is 0 Å². The number of fused-ring (bicyclic) bond motifs is 2. The summed E-state index contributed by atoms with van der Waals surface area (Å²) in [4.78, 5) is 25.7. The van der Waals surface area contributed by atoms with Crippen molar-refractivity contribution >= 4 is 56.7 Å². The molecule has 0 aromatic heterocycles. The Bertz CT molecular complexity index is 1270. The third-order valence-corrected chi connectivity index (χ3v) is 5.33. The number of nitrogens with zero attached hydrogens (tertiary/aromatic N) is 1. The summed E-state index contributed by atoms with van der Waals surface area (Å²) in [6.07, 6.45) is 1.69. The molecule has 5 heteroatoms. The van der Waals surface area contributed by atoms with E-state index in [0.29, 0.717) is 10.7 Å². The molecule has 1 aliphatic heterocycles. The smallest absolute Gasteiger partial charge is 0.267 e. The molecule has 1 aliphatic rings. The average Bonchev–Trinajstić information content (AvgIpc) is 3.02. The first kappa shape index (κ1) is 17.5. The second-order valence-corrected chi connectivity index (χ2v) is 7.28. The lowest BCUT2D eigenvalue weighted by Crippen LogP contribution is -2.35. The quantitative estimate of drug-likeness (QED) is 0.290. The molecule has 29 heavy (non-hydrogen) atoms. The van der Waals surface area contributed by atoms with Gasteiger partial charge in [0, 0.05) is 5.02 Å². The number of amides is 2. The first-order valence-corrected chi connectivity index (χ1v) is 9.53. The van der Waals surface area contributed by atoms with E-state index in [1.54, 1.807) is 30.3 Å². The Hall–Kier alpha value is -3.63. The number of anilines is 1. The van der Waals surface area contributed by atoms with E-state index in [1.807, 2.05) is 48.5 Å². The van der Waals surface area contributed by atoms with Crippen LogP contribution in [0, 0.1) is 0 Å². The van der Waals surface area contributed by atoms with Crippen molar-refractivity contribution in [3.63, 3.8) is 0 Å². The minimum Gasteiger partial charge on any atom is -0.267 e. The molecule has 0 bridgehead atoms. The van der Waals surface area contributed by atoms with Gasteiger partial charge in [-0.25, -0.2) is 5.01 Å². The van der Waals surface area contributed by atoms with Crippen molar-refractivity contribution in [1.29, 1.82) is 0 Å². The molecular weight excluding hydrogens is 384 g/mol. The van der Waals surface area contributed by atoms with Crippen LogP contribution in [0.15, 0.2) is 84.4 Å². The van der Waals surface area contributed by atoms with Gasteiger partial charge in [0.25, 0.3) is 11.8 Å².